The SMILES string of the molecule is CON=C(C(=O)N[C@H]1C(=O)N(S(=O)(=O)O)[C@H]1CNC(=O)c1ccccc1)c1csc(NC(=O)CCl)n1. The smallest absolute Gasteiger partial charge is 0.362 e. The molecule has 192 valence electrons. The summed E-state index contributed by atoms with van der Waals surface area (Å²) < 4.78 is 33.0. The minimum absolute atomic E-state index is 0.0171. The molecule has 4 N–H and O–H groups in total. The second-order valence-corrected chi connectivity index (χ2v) is 9.46. The molecular weight excluding hydrogens is 540 g/mol. The van der Waals surface area contributed by atoms with Crippen LogP contribution < -0.4 is 16.0 Å². The maximum absolute atomic E-state index is 12.9. The lowest BCUT2D eigenvalue weighted by Crippen LogP contribution is -2.74. The van der Waals surface area contributed by atoms with Crippen LogP contribution in [-0.4, -0.2) is 83.2 Å². The van der Waals surface area contributed by atoms with Crippen molar-refractivity contribution in [1.82, 2.24) is 19.9 Å². The number of carbonyl (C=O) groups is 4. The Bertz CT molecular complexity index is 1300. The van der Waals surface area contributed by atoms with E-state index in [0.29, 0.717) is 0 Å². The van der Waals surface area contributed by atoms with Gasteiger partial charge in [-0.15, -0.1) is 22.9 Å². The van der Waals surface area contributed by atoms with Gasteiger partial charge in [-0.25, -0.2) is 9.29 Å². The third kappa shape index (κ3) is 6.14. The maximum atomic E-state index is 12.9. The predicted octanol–water partition coefficient (Wildman–Crippen LogP) is -0.401. The fraction of sp³-hybridized carbons (Fsp3) is 0.263. The molecule has 1 aromatic heterocycles. The third-order valence-electron chi connectivity index (χ3n) is 4.72. The molecule has 17 heteroatoms. The average molecular weight is 559 g/mol. The Labute approximate surface area is 213 Å². The molecule has 0 bridgehead atoms. The van der Waals surface area contributed by atoms with Gasteiger partial charge in [-0.2, -0.15) is 8.42 Å². The van der Waals surface area contributed by atoms with Gasteiger partial charge >= 0.3 is 10.3 Å². The highest BCUT2D eigenvalue weighted by molar-refractivity contribution is 7.84. The van der Waals surface area contributed by atoms with Gasteiger partial charge in [0.05, 0.1) is 6.04 Å². The number of aromatic nitrogens is 1. The lowest BCUT2D eigenvalue weighted by Gasteiger charge is -2.44. The number of carbonyl (C=O) groups excluding carboxylic acids is 4. The standard InChI is InChI=1S/C19H19ClN6O8S2/c1-34-25-14(11-9-35-19(22-11)23-13(27)7-20)17(29)24-15-12(26(18(15)30)36(31,32)33)8-21-16(28)10-5-3-2-4-6-10/h2-6,9,12,15H,7-8H2,1H3,(H,21,28)(H,24,29)(H,22,23,27)(H,31,32,33)/t12-,15+/m0/s1. The predicted molar refractivity (Wildman–Crippen MR) is 128 cm³/mol. The minimum Gasteiger partial charge on any atom is -0.398 e. The normalized spacial score (nSPS) is 17.7. The number of benzene rings is 1. The van der Waals surface area contributed by atoms with Crippen molar-refractivity contribution < 1.29 is 37.0 Å². The fourth-order valence-electron chi connectivity index (χ4n) is 3.15. The molecule has 0 unspecified atom stereocenters. The van der Waals surface area contributed by atoms with E-state index in [4.69, 9.17) is 11.6 Å². The molecule has 36 heavy (non-hydrogen) atoms. The van der Waals surface area contributed by atoms with Gasteiger partial charge in [-0.3, -0.25) is 23.7 Å². The largest absolute Gasteiger partial charge is 0.398 e. The zero-order valence-corrected chi connectivity index (χ0v) is 20.8. The van der Waals surface area contributed by atoms with E-state index in [1.54, 1.807) is 18.2 Å². The topological polar surface area (TPSA) is 196 Å². The zero-order valence-electron chi connectivity index (χ0n) is 18.4. The van der Waals surface area contributed by atoms with Crippen molar-refractivity contribution in [3.05, 3.63) is 47.0 Å². The summed E-state index contributed by atoms with van der Waals surface area (Å²) in [5, 5.41) is 12.3. The quantitative estimate of drug-likeness (QED) is 0.0985. The Kier molecular flexibility index (Phi) is 8.57. The molecule has 0 aliphatic carbocycles. The highest BCUT2D eigenvalue weighted by atomic mass is 35.5. The second-order valence-electron chi connectivity index (χ2n) is 7.05. The van der Waals surface area contributed by atoms with Crippen molar-refractivity contribution in [2.24, 2.45) is 5.16 Å². The molecule has 1 aromatic carbocycles. The van der Waals surface area contributed by atoms with E-state index in [1.807, 2.05) is 0 Å². The molecule has 1 fully saturated rings. The summed E-state index contributed by atoms with van der Waals surface area (Å²) in [5.74, 6) is -3.51. The first-order valence-corrected chi connectivity index (χ1v) is 12.8. The number of hydrogen-bond acceptors (Lipinski definition) is 10. The van der Waals surface area contributed by atoms with Gasteiger partial charge in [0, 0.05) is 17.5 Å². The van der Waals surface area contributed by atoms with Gasteiger partial charge in [0.15, 0.2) is 10.8 Å². The highest BCUT2D eigenvalue weighted by Gasteiger charge is 2.54. The van der Waals surface area contributed by atoms with E-state index in [2.05, 4.69) is 30.9 Å². The molecule has 3 rings (SSSR count). The van der Waals surface area contributed by atoms with Crippen molar-refractivity contribution >= 4 is 67.7 Å². The number of oxime groups is 1. The van der Waals surface area contributed by atoms with Crippen LogP contribution in [0.1, 0.15) is 16.1 Å². The van der Waals surface area contributed by atoms with Crippen LogP contribution in [0.2, 0.25) is 0 Å². The van der Waals surface area contributed by atoms with Crippen LogP contribution in [-0.2, 0) is 29.5 Å². The summed E-state index contributed by atoms with van der Waals surface area (Å²) in [5.41, 5.74) is -0.126. The van der Waals surface area contributed by atoms with Crippen LogP contribution in [0.4, 0.5) is 5.13 Å². The van der Waals surface area contributed by atoms with Crippen LogP contribution in [0.15, 0.2) is 40.9 Å². The summed E-state index contributed by atoms with van der Waals surface area (Å²) >= 11 is 6.40. The molecule has 2 heterocycles. The molecule has 14 nitrogen and oxygen atoms in total. The van der Waals surface area contributed by atoms with Crippen molar-refractivity contribution in [1.29, 1.82) is 0 Å². The lowest BCUT2D eigenvalue weighted by molar-refractivity contribution is -0.144. The molecule has 4 amide bonds. The molecule has 0 spiro atoms. The summed E-state index contributed by atoms with van der Waals surface area (Å²) in [6.45, 7) is -0.410. The number of thiazole rings is 1. The Morgan fingerprint density at radius 2 is 1.97 bits per heavy atom. The van der Waals surface area contributed by atoms with Gasteiger partial charge in [0.2, 0.25) is 5.91 Å². The maximum Gasteiger partial charge on any atom is 0.362 e. The number of rotatable bonds is 10. The van der Waals surface area contributed by atoms with E-state index in [9.17, 15) is 32.1 Å². The number of nitrogens with zero attached hydrogens (tertiary/aromatic N) is 3. The van der Waals surface area contributed by atoms with E-state index >= 15 is 0 Å². The number of nitrogens with one attached hydrogen (secondary N) is 3. The van der Waals surface area contributed by atoms with Gasteiger partial charge in [-0.1, -0.05) is 23.4 Å². The summed E-state index contributed by atoms with van der Waals surface area (Å²) in [4.78, 5) is 57.9. The van der Waals surface area contributed by atoms with Crippen LogP contribution in [0.5, 0.6) is 0 Å². The van der Waals surface area contributed by atoms with E-state index < -0.39 is 52.6 Å². The highest BCUT2D eigenvalue weighted by Crippen LogP contribution is 2.24. The number of alkyl halides is 1. The lowest BCUT2D eigenvalue weighted by atomic mass is 9.98. The molecule has 0 radical (unpaired) electrons. The van der Waals surface area contributed by atoms with Crippen molar-refractivity contribution in [3.63, 3.8) is 0 Å². The average Bonchev–Trinajstić information content (AvgIpc) is 3.30. The second kappa shape index (κ2) is 11.4. The van der Waals surface area contributed by atoms with Crippen molar-refractivity contribution in [2.75, 3.05) is 24.9 Å². The molecule has 2 aromatic rings. The monoisotopic (exact) mass is 558 g/mol. The third-order valence-corrected chi connectivity index (χ3v) is 6.67. The Balaban J connectivity index is 1.76. The summed E-state index contributed by atoms with van der Waals surface area (Å²) in [7, 11) is -3.82. The molecular formula is C19H19ClN6O8S2. The van der Waals surface area contributed by atoms with E-state index in [0.717, 1.165) is 18.4 Å². The van der Waals surface area contributed by atoms with Crippen LogP contribution in [0, 0.1) is 0 Å². The van der Waals surface area contributed by atoms with Gasteiger partial charge < -0.3 is 20.8 Å². The van der Waals surface area contributed by atoms with Crippen LogP contribution in [0.25, 0.3) is 0 Å². The number of halogens is 1. The minimum atomic E-state index is -4.97. The molecule has 0 saturated carbocycles. The Morgan fingerprint density at radius 3 is 2.58 bits per heavy atom. The van der Waals surface area contributed by atoms with E-state index in [-0.39, 0.29) is 32.3 Å². The van der Waals surface area contributed by atoms with Crippen LogP contribution >= 0.6 is 22.9 Å². The number of β-lactam (4-membered cyclic amide) rings is 1. The molecule has 1 aliphatic heterocycles. The van der Waals surface area contributed by atoms with Gasteiger partial charge in [0.25, 0.3) is 17.7 Å². The van der Waals surface area contributed by atoms with E-state index in [1.165, 1.54) is 17.5 Å². The number of anilines is 1. The summed E-state index contributed by atoms with van der Waals surface area (Å²) in [6.07, 6.45) is 0. The van der Waals surface area contributed by atoms with Gasteiger partial charge in [-0.05, 0) is 12.1 Å². The molecule has 1 saturated heterocycles. The molecule has 2 atom stereocenters. The Morgan fingerprint density at radius 1 is 1.28 bits per heavy atom. The first-order valence-electron chi connectivity index (χ1n) is 9.94. The van der Waals surface area contributed by atoms with Gasteiger partial charge in [0.1, 0.15) is 24.7 Å². The fourth-order valence-corrected chi connectivity index (χ4v) is 4.81. The molecule has 1 aliphatic rings. The number of hydrogen-bond donors (Lipinski definition) is 4. The first kappa shape index (κ1) is 27.0. The van der Waals surface area contributed by atoms with Crippen LogP contribution in [0.3, 0.4) is 0 Å². The Hall–Kier alpha value is -3.60. The summed E-state index contributed by atoms with van der Waals surface area (Å²) in [6, 6.07) is 5.21. The zero-order chi connectivity index (χ0) is 26.5. The number of amides is 4. The van der Waals surface area contributed by atoms with Crippen molar-refractivity contribution in [2.45, 2.75) is 12.1 Å². The first-order chi connectivity index (χ1) is 17.1. The van der Waals surface area contributed by atoms with Crippen molar-refractivity contribution in [3.8, 4) is 0 Å².